The molecular formula is C9H12ClNOS. The second-order valence-corrected chi connectivity index (χ2v) is 4.45. The molecule has 2 nitrogen and oxygen atoms in total. The van der Waals surface area contributed by atoms with Gasteiger partial charge >= 0.3 is 0 Å². The molecule has 2 atom stereocenters. The quantitative estimate of drug-likeness (QED) is 0.711. The molecule has 1 aromatic rings. The van der Waals surface area contributed by atoms with Crippen LogP contribution in [0.5, 0.6) is 0 Å². The van der Waals surface area contributed by atoms with Gasteiger partial charge in [-0.05, 0) is 12.8 Å². The van der Waals surface area contributed by atoms with Gasteiger partial charge in [0.1, 0.15) is 11.1 Å². The molecule has 0 bridgehead atoms. The molecule has 1 saturated heterocycles. The number of halogens is 1. The molecule has 1 fully saturated rings. The van der Waals surface area contributed by atoms with Crippen LogP contribution < -0.4 is 0 Å². The second kappa shape index (κ2) is 4.40. The maximum Gasteiger partial charge on any atom is 0.122 e. The van der Waals surface area contributed by atoms with Gasteiger partial charge in [0.2, 0.25) is 0 Å². The summed E-state index contributed by atoms with van der Waals surface area (Å²) < 4.78 is 5.69. The lowest BCUT2D eigenvalue weighted by Crippen LogP contribution is -2.23. The topological polar surface area (TPSA) is 22.1 Å². The van der Waals surface area contributed by atoms with E-state index in [1.54, 1.807) is 11.3 Å². The van der Waals surface area contributed by atoms with Crippen LogP contribution in [-0.4, -0.2) is 17.5 Å². The van der Waals surface area contributed by atoms with E-state index in [-0.39, 0.29) is 6.10 Å². The molecule has 2 heterocycles. The van der Waals surface area contributed by atoms with Crippen molar-refractivity contribution in [2.45, 2.75) is 18.9 Å². The third-order valence-electron chi connectivity index (χ3n) is 2.34. The van der Waals surface area contributed by atoms with Gasteiger partial charge in [-0.25, -0.2) is 4.98 Å². The normalized spacial score (nSPS) is 29.0. The predicted octanol–water partition coefficient (Wildman–Crippen LogP) is 2.85. The third kappa shape index (κ3) is 2.03. The van der Waals surface area contributed by atoms with Crippen LogP contribution in [0.1, 0.15) is 24.0 Å². The van der Waals surface area contributed by atoms with E-state index in [0.717, 1.165) is 24.5 Å². The molecule has 0 spiro atoms. The minimum absolute atomic E-state index is 0.145. The van der Waals surface area contributed by atoms with E-state index in [1.165, 1.54) is 0 Å². The first-order chi connectivity index (χ1) is 6.42. The van der Waals surface area contributed by atoms with Crippen LogP contribution in [0.25, 0.3) is 0 Å². The fourth-order valence-corrected chi connectivity index (χ4v) is 2.74. The van der Waals surface area contributed by atoms with Gasteiger partial charge in [0.15, 0.2) is 0 Å². The summed E-state index contributed by atoms with van der Waals surface area (Å²) in [6, 6.07) is 0. The summed E-state index contributed by atoms with van der Waals surface area (Å²) in [5, 5.41) is 3.06. The lowest BCUT2D eigenvalue weighted by atomic mass is 9.97. The zero-order valence-corrected chi connectivity index (χ0v) is 8.85. The van der Waals surface area contributed by atoms with Crippen molar-refractivity contribution in [1.29, 1.82) is 0 Å². The van der Waals surface area contributed by atoms with Crippen LogP contribution in [0.2, 0.25) is 0 Å². The van der Waals surface area contributed by atoms with E-state index >= 15 is 0 Å². The molecular weight excluding hydrogens is 206 g/mol. The highest BCUT2D eigenvalue weighted by atomic mass is 35.5. The van der Waals surface area contributed by atoms with E-state index in [9.17, 15) is 0 Å². The molecule has 1 aliphatic heterocycles. The highest BCUT2D eigenvalue weighted by Gasteiger charge is 2.28. The summed E-state index contributed by atoms with van der Waals surface area (Å²) in [5.41, 5.74) is 0. The fraction of sp³-hybridized carbons (Fsp3) is 0.667. The van der Waals surface area contributed by atoms with Gasteiger partial charge in [-0.2, -0.15) is 0 Å². The number of aromatic nitrogens is 1. The number of ether oxygens (including phenoxy) is 1. The van der Waals surface area contributed by atoms with Crippen molar-refractivity contribution in [3.8, 4) is 0 Å². The largest absolute Gasteiger partial charge is 0.371 e. The molecule has 0 radical (unpaired) electrons. The Labute approximate surface area is 86.9 Å². The molecule has 1 aromatic heterocycles. The van der Waals surface area contributed by atoms with E-state index in [4.69, 9.17) is 16.3 Å². The molecule has 72 valence electrons. The van der Waals surface area contributed by atoms with Crippen molar-refractivity contribution in [1.82, 2.24) is 4.98 Å². The average Bonchev–Trinajstić information content (AvgIpc) is 2.70. The molecule has 0 N–H and O–H groups in total. The average molecular weight is 218 g/mol. The zero-order chi connectivity index (χ0) is 9.10. The number of alkyl halides is 1. The van der Waals surface area contributed by atoms with Crippen molar-refractivity contribution in [3.05, 3.63) is 16.6 Å². The van der Waals surface area contributed by atoms with Crippen LogP contribution in [0.3, 0.4) is 0 Å². The minimum atomic E-state index is 0.145. The summed E-state index contributed by atoms with van der Waals surface area (Å²) in [6.45, 7) is 0.845. The molecule has 2 unspecified atom stereocenters. The molecule has 1 aliphatic rings. The lowest BCUT2D eigenvalue weighted by Gasteiger charge is -2.28. The standard InChI is InChI=1S/C9H12ClNOS/c10-6-7-2-1-4-12-8(7)9-11-3-5-13-9/h3,5,7-8H,1-2,4,6H2. The monoisotopic (exact) mass is 217 g/mol. The van der Waals surface area contributed by atoms with E-state index < -0.39 is 0 Å². The van der Waals surface area contributed by atoms with E-state index in [0.29, 0.717) is 11.8 Å². The Morgan fingerprint density at radius 3 is 3.31 bits per heavy atom. The number of hydrogen-bond donors (Lipinski definition) is 0. The first-order valence-corrected chi connectivity index (χ1v) is 5.90. The number of hydrogen-bond acceptors (Lipinski definition) is 3. The van der Waals surface area contributed by atoms with Gasteiger partial charge in [0, 0.05) is 30.0 Å². The molecule has 13 heavy (non-hydrogen) atoms. The van der Waals surface area contributed by atoms with Crippen molar-refractivity contribution in [3.63, 3.8) is 0 Å². The summed E-state index contributed by atoms with van der Waals surface area (Å²) in [4.78, 5) is 4.27. The maximum absolute atomic E-state index is 5.89. The van der Waals surface area contributed by atoms with Gasteiger partial charge in [0.05, 0.1) is 0 Å². The first kappa shape index (κ1) is 9.44. The lowest BCUT2D eigenvalue weighted by molar-refractivity contribution is -0.0209. The second-order valence-electron chi connectivity index (χ2n) is 3.22. The van der Waals surface area contributed by atoms with Crippen LogP contribution in [-0.2, 0) is 4.74 Å². The Kier molecular flexibility index (Phi) is 3.19. The van der Waals surface area contributed by atoms with Gasteiger partial charge in [-0.1, -0.05) is 0 Å². The Balaban J connectivity index is 2.11. The Hall–Kier alpha value is -0.120. The van der Waals surface area contributed by atoms with Gasteiger partial charge in [-0.15, -0.1) is 22.9 Å². The van der Waals surface area contributed by atoms with Crippen LogP contribution in [0.4, 0.5) is 0 Å². The van der Waals surface area contributed by atoms with Crippen molar-refractivity contribution >= 4 is 22.9 Å². The Morgan fingerprint density at radius 2 is 2.62 bits per heavy atom. The first-order valence-electron chi connectivity index (χ1n) is 4.49. The fourth-order valence-electron chi connectivity index (χ4n) is 1.65. The molecule has 0 aromatic carbocycles. The van der Waals surface area contributed by atoms with Crippen LogP contribution in [0, 0.1) is 5.92 Å². The Morgan fingerprint density at radius 1 is 1.69 bits per heavy atom. The van der Waals surface area contributed by atoms with Crippen molar-refractivity contribution < 1.29 is 4.74 Å². The van der Waals surface area contributed by atoms with Crippen molar-refractivity contribution in [2.75, 3.05) is 12.5 Å². The van der Waals surface area contributed by atoms with Crippen LogP contribution >= 0.6 is 22.9 Å². The molecule has 0 saturated carbocycles. The van der Waals surface area contributed by atoms with Crippen LogP contribution in [0.15, 0.2) is 11.6 Å². The highest BCUT2D eigenvalue weighted by Crippen LogP contribution is 2.34. The minimum Gasteiger partial charge on any atom is -0.371 e. The summed E-state index contributed by atoms with van der Waals surface area (Å²) in [7, 11) is 0. The predicted molar refractivity (Wildman–Crippen MR) is 54.3 cm³/mol. The zero-order valence-electron chi connectivity index (χ0n) is 7.28. The summed E-state index contributed by atoms with van der Waals surface area (Å²) in [6.07, 6.45) is 4.25. The maximum atomic E-state index is 5.89. The third-order valence-corrected chi connectivity index (χ3v) is 3.57. The van der Waals surface area contributed by atoms with Gasteiger partial charge < -0.3 is 4.74 Å². The molecule has 0 amide bonds. The van der Waals surface area contributed by atoms with E-state index in [1.807, 2.05) is 11.6 Å². The van der Waals surface area contributed by atoms with Gasteiger partial charge in [-0.3, -0.25) is 0 Å². The number of rotatable bonds is 2. The smallest absolute Gasteiger partial charge is 0.122 e. The summed E-state index contributed by atoms with van der Waals surface area (Å²) in [5.74, 6) is 1.12. The van der Waals surface area contributed by atoms with E-state index in [2.05, 4.69) is 4.98 Å². The van der Waals surface area contributed by atoms with Crippen molar-refractivity contribution in [2.24, 2.45) is 5.92 Å². The molecule has 2 rings (SSSR count). The highest BCUT2D eigenvalue weighted by molar-refractivity contribution is 7.09. The molecule has 0 aliphatic carbocycles. The number of thiazole rings is 1. The SMILES string of the molecule is ClCC1CCCOC1c1nccs1. The summed E-state index contributed by atoms with van der Waals surface area (Å²) >= 11 is 7.54. The Bertz CT molecular complexity index is 252. The number of nitrogens with zero attached hydrogens (tertiary/aromatic N) is 1. The molecule has 4 heteroatoms. The van der Waals surface area contributed by atoms with Gasteiger partial charge in [0.25, 0.3) is 0 Å².